The highest BCUT2D eigenvalue weighted by Gasteiger charge is 2.33. The van der Waals surface area contributed by atoms with Gasteiger partial charge in [0.05, 0.1) is 0 Å². The molecule has 0 spiro atoms. The average Bonchev–Trinajstić information content (AvgIpc) is 2.53. The summed E-state index contributed by atoms with van der Waals surface area (Å²) in [7, 11) is 2.04. The fourth-order valence-corrected chi connectivity index (χ4v) is 2.56. The predicted molar refractivity (Wildman–Crippen MR) is 51.1 cm³/mol. The van der Waals surface area contributed by atoms with Crippen LogP contribution in [0.5, 0.6) is 0 Å². The van der Waals surface area contributed by atoms with Gasteiger partial charge in [0.15, 0.2) is 0 Å². The van der Waals surface area contributed by atoms with Gasteiger partial charge in [-0.3, -0.25) is 0 Å². The van der Waals surface area contributed by atoms with Gasteiger partial charge in [0.25, 0.3) is 0 Å². The van der Waals surface area contributed by atoms with Crippen LogP contribution in [0, 0.1) is 11.8 Å². The summed E-state index contributed by atoms with van der Waals surface area (Å²) in [5.41, 5.74) is 0. The molecule has 3 unspecified atom stereocenters. The van der Waals surface area contributed by atoms with E-state index in [1.165, 1.54) is 19.4 Å². The molecule has 0 aromatic heterocycles. The Bertz CT molecular complexity index is 177. The first-order valence-electron chi connectivity index (χ1n) is 4.96. The molecule has 2 nitrogen and oxygen atoms in total. The van der Waals surface area contributed by atoms with E-state index in [1.807, 2.05) is 7.05 Å². The van der Waals surface area contributed by atoms with Gasteiger partial charge in [-0.05, 0) is 38.3 Å². The molecule has 2 aliphatic rings. The zero-order valence-electron chi connectivity index (χ0n) is 7.72. The highest BCUT2D eigenvalue weighted by molar-refractivity contribution is 5.06. The fourth-order valence-electron chi connectivity index (χ4n) is 2.56. The maximum atomic E-state index is 3.57. The van der Waals surface area contributed by atoms with E-state index in [9.17, 15) is 0 Å². The Hall–Kier alpha value is -0.340. The summed E-state index contributed by atoms with van der Waals surface area (Å²) in [5.74, 6) is 1.66. The minimum absolute atomic E-state index is 0.767. The molecule has 1 aliphatic heterocycles. The van der Waals surface area contributed by atoms with Crippen molar-refractivity contribution in [3.63, 3.8) is 0 Å². The Labute approximate surface area is 74.4 Å². The van der Waals surface area contributed by atoms with E-state index in [1.54, 1.807) is 0 Å². The average molecular weight is 166 g/mol. The van der Waals surface area contributed by atoms with E-state index in [0.29, 0.717) is 0 Å². The number of nitrogens with one attached hydrogen (secondary N) is 2. The van der Waals surface area contributed by atoms with Crippen molar-refractivity contribution < 1.29 is 0 Å². The summed E-state index contributed by atoms with van der Waals surface area (Å²) in [6.45, 7) is 2.36. The van der Waals surface area contributed by atoms with Crippen LogP contribution in [-0.4, -0.2) is 26.2 Å². The van der Waals surface area contributed by atoms with Gasteiger partial charge in [0.2, 0.25) is 0 Å². The van der Waals surface area contributed by atoms with Crippen molar-refractivity contribution in [3.8, 4) is 0 Å². The Morgan fingerprint density at radius 1 is 1.58 bits per heavy atom. The molecule has 12 heavy (non-hydrogen) atoms. The lowest BCUT2D eigenvalue weighted by Crippen LogP contribution is -2.36. The minimum atomic E-state index is 0.767. The van der Waals surface area contributed by atoms with Crippen molar-refractivity contribution in [2.75, 3.05) is 20.1 Å². The largest absolute Gasteiger partial charge is 0.319 e. The van der Waals surface area contributed by atoms with Gasteiger partial charge in [-0.25, -0.2) is 0 Å². The molecule has 0 amide bonds. The number of hydrogen-bond acceptors (Lipinski definition) is 2. The lowest BCUT2D eigenvalue weighted by atomic mass is 9.81. The first-order chi connectivity index (χ1) is 5.92. The van der Waals surface area contributed by atoms with E-state index in [0.717, 1.165) is 24.4 Å². The number of fused-ring (bicyclic) bond motifs is 1. The molecular weight excluding hydrogens is 148 g/mol. The summed E-state index contributed by atoms with van der Waals surface area (Å²) >= 11 is 0. The number of rotatable bonds is 2. The van der Waals surface area contributed by atoms with Crippen LogP contribution in [0.25, 0.3) is 0 Å². The molecule has 0 saturated carbocycles. The standard InChI is InChI=1S/C10H18N2/c1-11-7-8-3-2-4-10-9(8)5-6-12-10/h2-3,8-12H,4-7H2,1H3. The quantitative estimate of drug-likeness (QED) is 0.592. The van der Waals surface area contributed by atoms with E-state index >= 15 is 0 Å². The summed E-state index contributed by atoms with van der Waals surface area (Å²) < 4.78 is 0. The lowest BCUT2D eigenvalue weighted by Gasteiger charge is -2.29. The van der Waals surface area contributed by atoms with Gasteiger partial charge in [-0.1, -0.05) is 12.2 Å². The van der Waals surface area contributed by atoms with Crippen LogP contribution >= 0.6 is 0 Å². The van der Waals surface area contributed by atoms with Gasteiger partial charge in [-0.2, -0.15) is 0 Å². The predicted octanol–water partition coefficient (Wildman–Crippen LogP) is 0.760. The van der Waals surface area contributed by atoms with Crippen molar-refractivity contribution in [1.82, 2.24) is 10.6 Å². The third kappa shape index (κ3) is 1.41. The summed E-state index contributed by atoms with van der Waals surface area (Å²) in [4.78, 5) is 0. The molecule has 2 heteroatoms. The monoisotopic (exact) mass is 166 g/mol. The fraction of sp³-hybridized carbons (Fsp3) is 0.800. The molecule has 0 aromatic rings. The smallest absolute Gasteiger partial charge is 0.0136 e. The molecular formula is C10H18N2. The Balaban J connectivity index is 2.02. The van der Waals surface area contributed by atoms with Crippen LogP contribution in [0.1, 0.15) is 12.8 Å². The summed E-state index contributed by atoms with van der Waals surface area (Å²) in [5, 5.41) is 6.84. The second kappa shape index (κ2) is 3.58. The molecule has 2 rings (SSSR count). The third-order valence-electron chi connectivity index (χ3n) is 3.16. The Kier molecular flexibility index (Phi) is 2.47. The molecule has 0 bridgehead atoms. The van der Waals surface area contributed by atoms with Crippen molar-refractivity contribution in [2.24, 2.45) is 11.8 Å². The first kappa shape index (κ1) is 8.27. The van der Waals surface area contributed by atoms with Crippen LogP contribution in [0.4, 0.5) is 0 Å². The number of hydrogen-bond donors (Lipinski definition) is 2. The van der Waals surface area contributed by atoms with Gasteiger partial charge in [0.1, 0.15) is 0 Å². The van der Waals surface area contributed by atoms with Gasteiger partial charge in [0, 0.05) is 12.6 Å². The maximum absolute atomic E-state index is 3.57. The molecule has 2 N–H and O–H groups in total. The normalized spacial score (nSPS) is 39.9. The van der Waals surface area contributed by atoms with E-state index < -0.39 is 0 Å². The Morgan fingerprint density at radius 3 is 3.33 bits per heavy atom. The van der Waals surface area contributed by atoms with Crippen LogP contribution in [-0.2, 0) is 0 Å². The van der Waals surface area contributed by atoms with Gasteiger partial charge in [-0.15, -0.1) is 0 Å². The second-order valence-electron chi connectivity index (χ2n) is 3.90. The molecule has 0 aromatic carbocycles. The third-order valence-corrected chi connectivity index (χ3v) is 3.16. The van der Waals surface area contributed by atoms with Crippen molar-refractivity contribution >= 4 is 0 Å². The zero-order valence-corrected chi connectivity index (χ0v) is 7.72. The summed E-state index contributed by atoms with van der Waals surface area (Å²) in [6, 6.07) is 0.772. The SMILES string of the molecule is CNCC1C=CCC2NCCC12. The van der Waals surface area contributed by atoms with Crippen LogP contribution in [0.3, 0.4) is 0 Å². The van der Waals surface area contributed by atoms with Crippen LogP contribution < -0.4 is 10.6 Å². The van der Waals surface area contributed by atoms with Crippen molar-refractivity contribution in [3.05, 3.63) is 12.2 Å². The molecule has 1 fully saturated rings. The van der Waals surface area contributed by atoms with E-state index in [-0.39, 0.29) is 0 Å². The maximum Gasteiger partial charge on any atom is 0.0136 e. The van der Waals surface area contributed by atoms with Gasteiger partial charge >= 0.3 is 0 Å². The molecule has 68 valence electrons. The Morgan fingerprint density at radius 2 is 2.50 bits per heavy atom. The molecule has 0 radical (unpaired) electrons. The highest BCUT2D eigenvalue weighted by Crippen LogP contribution is 2.30. The first-order valence-corrected chi connectivity index (χ1v) is 4.96. The van der Waals surface area contributed by atoms with Crippen LogP contribution in [0.2, 0.25) is 0 Å². The second-order valence-corrected chi connectivity index (χ2v) is 3.90. The minimum Gasteiger partial charge on any atom is -0.319 e. The topological polar surface area (TPSA) is 24.1 Å². The lowest BCUT2D eigenvalue weighted by molar-refractivity contribution is 0.328. The van der Waals surface area contributed by atoms with Crippen molar-refractivity contribution in [2.45, 2.75) is 18.9 Å². The molecule has 1 aliphatic carbocycles. The molecule has 3 atom stereocenters. The zero-order chi connectivity index (χ0) is 8.39. The molecule has 1 heterocycles. The highest BCUT2D eigenvalue weighted by atomic mass is 15.0. The summed E-state index contributed by atoms with van der Waals surface area (Å²) in [6.07, 6.45) is 7.33. The molecule has 1 saturated heterocycles. The van der Waals surface area contributed by atoms with Crippen LogP contribution in [0.15, 0.2) is 12.2 Å². The van der Waals surface area contributed by atoms with E-state index in [2.05, 4.69) is 22.8 Å². The van der Waals surface area contributed by atoms with E-state index in [4.69, 9.17) is 0 Å². The van der Waals surface area contributed by atoms with Crippen molar-refractivity contribution in [1.29, 1.82) is 0 Å². The van der Waals surface area contributed by atoms with Gasteiger partial charge < -0.3 is 10.6 Å².